The normalized spacial score (nSPS) is 12.7. The maximum atomic E-state index is 13.2. The summed E-state index contributed by atoms with van der Waals surface area (Å²) >= 11 is 2.09. The van der Waals surface area contributed by atoms with Crippen LogP contribution in [0, 0.1) is 9.12 Å². The highest BCUT2D eigenvalue weighted by molar-refractivity contribution is 14.1. The first-order valence-electron chi connectivity index (χ1n) is 8.82. The Morgan fingerprint density at radius 2 is 1.79 bits per heavy atom. The maximum absolute atomic E-state index is 13.2. The number of nitrogens with zero attached hydrogens (tertiary/aromatic N) is 2. The number of halogens is 6. The van der Waals surface area contributed by atoms with Gasteiger partial charge in [0, 0.05) is 6.42 Å². The van der Waals surface area contributed by atoms with E-state index in [1.807, 2.05) is 13.8 Å². The molecule has 0 saturated carbocycles. The number of hydrogen-bond acceptors (Lipinski definition) is 2. The zero-order valence-corrected chi connectivity index (χ0v) is 18.2. The Bertz CT molecular complexity index is 830. The SMILES string of the molecule is CCc1nc(CC)n(-c2ccc(CC(C)(C)C(F)(F)F)cc2OC(F)F)c1I. The van der Waals surface area contributed by atoms with E-state index in [2.05, 4.69) is 32.3 Å². The molecule has 0 saturated heterocycles. The predicted molar refractivity (Wildman–Crippen MR) is 105 cm³/mol. The largest absolute Gasteiger partial charge is 0.433 e. The number of rotatable bonds is 7. The third kappa shape index (κ3) is 4.77. The standard InChI is InChI=1S/C19H22F5IN2O/c1-5-12-16(25)27(15(6-2)26-12)13-8-7-11(9-14(13)28-17(20)21)10-18(3,4)19(22,23)24/h7-9,17H,5-6,10H2,1-4H3. The van der Waals surface area contributed by atoms with Gasteiger partial charge in [0.15, 0.2) is 0 Å². The van der Waals surface area contributed by atoms with Crippen LogP contribution in [-0.4, -0.2) is 22.3 Å². The van der Waals surface area contributed by atoms with E-state index in [0.717, 1.165) is 23.2 Å². The lowest BCUT2D eigenvalue weighted by Crippen LogP contribution is -2.34. The van der Waals surface area contributed by atoms with Gasteiger partial charge in [-0.05, 0) is 53.1 Å². The van der Waals surface area contributed by atoms with Gasteiger partial charge in [0.2, 0.25) is 0 Å². The van der Waals surface area contributed by atoms with Crippen molar-refractivity contribution in [3.63, 3.8) is 0 Å². The Kier molecular flexibility index (Phi) is 6.99. The number of benzene rings is 1. The van der Waals surface area contributed by atoms with Crippen molar-refractivity contribution in [2.75, 3.05) is 0 Å². The molecule has 0 bridgehead atoms. The molecule has 0 amide bonds. The van der Waals surface area contributed by atoms with Crippen molar-refractivity contribution < 1.29 is 26.7 Å². The van der Waals surface area contributed by atoms with E-state index in [1.165, 1.54) is 18.2 Å². The van der Waals surface area contributed by atoms with Gasteiger partial charge in [-0.2, -0.15) is 22.0 Å². The van der Waals surface area contributed by atoms with Gasteiger partial charge in [0.05, 0.1) is 16.8 Å². The predicted octanol–water partition coefficient (Wildman–Crippen LogP) is 6.33. The molecular formula is C19H22F5IN2O. The summed E-state index contributed by atoms with van der Waals surface area (Å²) in [6.45, 7) is 2.89. The van der Waals surface area contributed by atoms with Crippen LogP contribution in [0.1, 0.15) is 44.8 Å². The fourth-order valence-electron chi connectivity index (χ4n) is 2.86. The fourth-order valence-corrected chi connectivity index (χ4v) is 3.90. The molecule has 0 radical (unpaired) electrons. The topological polar surface area (TPSA) is 27.1 Å². The minimum absolute atomic E-state index is 0.168. The van der Waals surface area contributed by atoms with E-state index in [9.17, 15) is 22.0 Å². The van der Waals surface area contributed by atoms with Gasteiger partial charge in [-0.15, -0.1) is 0 Å². The van der Waals surface area contributed by atoms with Crippen LogP contribution < -0.4 is 4.74 Å². The van der Waals surface area contributed by atoms with Crippen LogP contribution in [0.4, 0.5) is 22.0 Å². The van der Waals surface area contributed by atoms with Crippen molar-refractivity contribution in [1.29, 1.82) is 0 Å². The van der Waals surface area contributed by atoms with Crippen LogP contribution in [0.2, 0.25) is 0 Å². The molecule has 1 aromatic carbocycles. The molecule has 156 valence electrons. The Morgan fingerprint density at radius 1 is 1.14 bits per heavy atom. The lowest BCUT2D eigenvalue weighted by molar-refractivity contribution is -0.211. The summed E-state index contributed by atoms with van der Waals surface area (Å²) in [4.78, 5) is 4.52. The van der Waals surface area contributed by atoms with E-state index >= 15 is 0 Å². The summed E-state index contributed by atoms with van der Waals surface area (Å²) in [5, 5.41) is 0. The summed E-state index contributed by atoms with van der Waals surface area (Å²) in [6.07, 6.45) is -3.53. The number of hydrogen-bond donors (Lipinski definition) is 0. The number of aryl methyl sites for hydroxylation is 2. The monoisotopic (exact) mass is 516 g/mol. The highest BCUT2D eigenvalue weighted by Gasteiger charge is 2.47. The molecule has 0 atom stereocenters. The maximum Gasteiger partial charge on any atom is 0.394 e. The molecule has 9 heteroatoms. The number of ether oxygens (including phenoxy) is 1. The van der Waals surface area contributed by atoms with Crippen molar-refractivity contribution in [3.05, 3.63) is 39.0 Å². The van der Waals surface area contributed by atoms with E-state index in [-0.39, 0.29) is 17.7 Å². The summed E-state index contributed by atoms with van der Waals surface area (Å²) in [5.74, 6) is 0.502. The minimum atomic E-state index is -4.42. The van der Waals surface area contributed by atoms with Crippen LogP contribution in [0.15, 0.2) is 18.2 Å². The molecule has 28 heavy (non-hydrogen) atoms. The van der Waals surface area contributed by atoms with Crippen LogP contribution in [0.5, 0.6) is 5.75 Å². The Hall–Kier alpha value is -1.39. The molecule has 0 fully saturated rings. The van der Waals surface area contributed by atoms with Gasteiger partial charge in [-0.1, -0.05) is 33.8 Å². The molecular weight excluding hydrogens is 494 g/mol. The van der Waals surface area contributed by atoms with Crippen molar-refractivity contribution >= 4 is 22.6 Å². The van der Waals surface area contributed by atoms with Crippen LogP contribution in [-0.2, 0) is 19.3 Å². The van der Waals surface area contributed by atoms with Gasteiger partial charge in [-0.3, -0.25) is 4.57 Å². The zero-order valence-electron chi connectivity index (χ0n) is 16.0. The molecule has 0 spiro atoms. The van der Waals surface area contributed by atoms with Gasteiger partial charge in [0.25, 0.3) is 0 Å². The first-order chi connectivity index (χ1) is 12.9. The molecule has 2 rings (SSSR count). The van der Waals surface area contributed by atoms with Gasteiger partial charge in [-0.25, -0.2) is 4.98 Å². The quantitative estimate of drug-likeness (QED) is 0.318. The smallest absolute Gasteiger partial charge is 0.394 e. The van der Waals surface area contributed by atoms with Gasteiger partial charge in [0.1, 0.15) is 15.3 Å². The number of alkyl halides is 5. The third-order valence-electron chi connectivity index (χ3n) is 4.50. The highest BCUT2D eigenvalue weighted by Crippen LogP contribution is 2.41. The summed E-state index contributed by atoms with van der Waals surface area (Å²) in [6, 6.07) is 4.29. The molecule has 2 aromatic rings. The van der Waals surface area contributed by atoms with Crippen LogP contribution >= 0.6 is 22.6 Å². The Balaban J connectivity index is 2.57. The van der Waals surface area contributed by atoms with Crippen molar-refractivity contribution in [3.8, 4) is 11.4 Å². The molecule has 0 unspecified atom stereocenters. The number of imidazole rings is 1. The molecule has 0 aliphatic carbocycles. The molecule has 0 N–H and O–H groups in total. The lowest BCUT2D eigenvalue weighted by atomic mass is 9.85. The molecule has 0 aliphatic heterocycles. The van der Waals surface area contributed by atoms with Crippen LogP contribution in [0.25, 0.3) is 5.69 Å². The average Bonchev–Trinajstić information content (AvgIpc) is 2.89. The van der Waals surface area contributed by atoms with E-state index in [1.54, 1.807) is 4.57 Å². The van der Waals surface area contributed by atoms with E-state index in [4.69, 9.17) is 0 Å². The lowest BCUT2D eigenvalue weighted by Gasteiger charge is -2.28. The molecule has 1 aromatic heterocycles. The summed E-state index contributed by atoms with van der Waals surface area (Å²) < 4.78 is 72.8. The molecule has 3 nitrogen and oxygen atoms in total. The molecule has 0 aliphatic rings. The second-order valence-corrected chi connectivity index (χ2v) is 8.07. The zero-order chi connectivity index (χ0) is 21.3. The highest BCUT2D eigenvalue weighted by atomic mass is 127. The van der Waals surface area contributed by atoms with Crippen molar-refractivity contribution in [2.24, 2.45) is 5.41 Å². The third-order valence-corrected chi connectivity index (χ3v) is 5.61. The summed E-state index contributed by atoms with van der Waals surface area (Å²) in [5.41, 5.74) is -0.569. The second kappa shape index (κ2) is 8.54. The molecule has 1 heterocycles. The van der Waals surface area contributed by atoms with E-state index < -0.39 is 18.2 Å². The first-order valence-corrected chi connectivity index (χ1v) is 9.90. The number of aromatic nitrogens is 2. The Morgan fingerprint density at radius 3 is 2.29 bits per heavy atom. The van der Waals surface area contributed by atoms with E-state index in [0.29, 0.717) is 24.4 Å². The second-order valence-electron chi connectivity index (χ2n) is 7.05. The fraction of sp³-hybridized carbons (Fsp3) is 0.526. The minimum Gasteiger partial charge on any atom is -0.433 e. The van der Waals surface area contributed by atoms with Crippen LogP contribution in [0.3, 0.4) is 0 Å². The van der Waals surface area contributed by atoms with Crippen molar-refractivity contribution in [2.45, 2.75) is 59.7 Å². The van der Waals surface area contributed by atoms with Gasteiger partial charge >= 0.3 is 12.8 Å². The first kappa shape index (κ1) is 22.9. The van der Waals surface area contributed by atoms with Gasteiger partial charge < -0.3 is 4.74 Å². The average molecular weight is 516 g/mol. The Labute approximate surface area is 174 Å². The summed E-state index contributed by atoms with van der Waals surface area (Å²) in [7, 11) is 0. The van der Waals surface area contributed by atoms with Crippen molar-refractivity contribution in [1.82, 2.24) is 9.55 Å².